The minimum Gasteiger partial charge on any atom is -0.784 e. The zero-order valence-electron chi connectivity index (χ0n) is 15.4. The maximum absolute atomic E-state index is 8.44. The van der Waals surface area contributed by atoms with Crippen LogP contribution in [0.2, 0.25) is 0 Å². The first-order chi connectivity index (χ1) is 12.6. The van der Waals surface area contributed by atoms with E-state index >= 15 is 0 Å². The van der Waals surface area contributed by atoms with Gasteiger partial charge in [0.05, 0.1) is 0 Å². The SMILES string of the molecule is CC(=N\O)/C(C)=N/O.CC(=N\O)/C(C)=N/O.O=S([O-])[O-].[Co+2].[NH-]c1ccccc1. The second-order valence-corrected chi connectivity index (χ2v) is 4.72. The summed E-state index contributed by atoms with van der Waals surface area (Å²) in [5, 5.41) is 43.3. The molecule has 0 saturated carbocycles. The molecule has 28 heavy (non-hydrogen) atoms. The van der Waals surface area contributed by atoms with Crippen LogP contribution in [0.5, 0.6) is 0 Å². The molecule has 14 heteroatoms. The Bertz CT molecular complexity index is 587. The van der Waals surface area contributed by atoms with Gasteiger partial charge in [0.2, 0.25) is 0 Å². The summed E-state index contributed by atoms with van der Waals surface area (Å²) < 4.78 is 25.3. The Morgan fingerprint density at radius 2 is 1.00 bits per heavy atom. The van der Waals surface area contributed by atoms with Gasteiger partial charge in [0.1, 0.15) is 22.8 Å². The van der Waals surface area contributed by atoms with Crippen molar-refractivity contribution in [3.8, 4) is 0 Å². The maximum Gasteiger partial charge on any atom is 2.00 e. The van der Waals surface area contributed by atoms with E-state index in [-0.39, 0.29) is 16.8 Å². The van der Waals surface area contributed by atoms with Gasteiger partial charge in [-0.2, -0.15) is 0 Å². The van der Waals surface area contributed by atoms with E-state index in [4.69, 9.17) is 39.9 Å². The first-order valence-corrected chi connectivity index (χ1v) is 7.86. The van der Waals surface area contributed by atoms with Gasteiger partial charge < -0.3 is 35.7 Å². The largest absolute Gasteiger partial charge is 2.00 e. The zero-order valence-corrected chi connectivity index (χ0v) is 17.3. The minimum atomic E-state index is -3.11. The maximum atomic E-state index is 8.44. The molecule has 1 aromatic rings. The van der Waals surface area contributed by atoms with Gasteiger partial charge >= 0.3 is 16.8 Å². The van der Waals surface area contributed by atoms with Crippen molar-refractivity contribution in [3.05, 3.63) is 36.1 Å². The zero-order chi connectivity index (χ0) is 21.8. The van der Waals surface area contributed by atoms with Crippen molar-refractivity contribution in [3.63, 3.8) is 0 Å². The number of hydrogen-bond donors (Lipinski definition) is 4. The Morgan fingerprint density at radius 1 is 0.786 bits per heavy atom. The minimum absolute atomic E-state index is 0. The third-order valence-corrected chi connectivity index (χ3v) is 2.42. The van der Waals surface area contributed by atoms with Crippen molar-refractivity contribution in [2.75, 3.05) is 0 Å². The molecular weight excluding hydrogens is 441 g/mol. The quantitative estimate of drug-likeness (QED) is 0.222. The summed E-state index contributed by atoms with van der Waals surface area (Å²) >= 11 is -3.11. The summed E-state index contributed by atoms with van der Waals surface area (Å²) in [4.78, 5) is 0. The van der Waals surface area contributed by atoms with E-state index in [1.165, 1.54) is 27.7 Å². The average Bonchev–Trinajstić information content (AvgIpc) is 2.66. The van der Waals surface area contributed by atoms with Gasteiger partial charge in [0.25, 0.3) is 0 Å². The van der Waals surface area contributed by atoms with E-state index in [1.807, 2.05) is 18.2 Å². The molecule has 0 aliphatic rings. The van der Waals surface area contributed by atoms with Gasteiger partial charge in [0, 0.05) is 0 Å². The number of rotatable bonds is 2. The van der Waals surface area contributed by atoms with E-state index in [0.29, 0.717) is 28.5 Å². The predicted octanol–water partition coefficient (Wildman–Crippen LogP) is 2.74. The number of hydrogen-bond acceptors (Lipinski definition) is 11. The standard InChI is InChI=1S/C6H6N.2C4H8N2O2.Co.H2O3S/c7-6-4-2-1-3-5-6;2*1-3(5-7)4(2)6-8;;1-4(2)3/h1-5,7H;2*7-8H,1-2H3;;(H2,1,2,3)/q-1;;;+2;/p-2/b;2*5-3+,6-4+;;. The van der Waals surface area contributed by atoms with Gasteiger partial charge in [-0.05, 0) is 27.7 Å². The molecule has 0 saturated heterocycles. The van der Waals surface area contributed by atoms with Gasteiger partial charge in [0.15, 0.2) is 0 Å². The van der Waals surface area contributed by atoms with Crippen molar-refractivity contribution >= 4 is 39.9 Å². The van der Waals surface area contributed by atoms with Crippen LogP contribution < -0.4 is 0 Å². The fourth-order valence-corrected chi connectivity index (χ4v) is 0.728. The predicted molar refractivity (Wildman–Crippen MR) is 99.7 cm³/mol. The van der Waals surface area contributed by atoms with Crippen molar-refractivity contribution in [1.29, 1.82) is 0 Å². The van der Waals surface area contributed by atoms with Gasteiger partial charge in [-0.25, -0.2) is 0 Å². The molecule has 1 radical (unpaired) electrons. The van der Waals surface area contributed by atoms with Crippen molar-refractivity contribution in [2.24, 2.45) is 20.6 Å². The number of benzene rings is 1. The normalized spacial score (nSPS) is 11.5. The molecule has 0 atom stereocenters. The molecule has 0 heterocycles. The molecule has 161 valence electrons. The summed E-state index contributed by atoms with van der Waals surface area (Å²) in [6.45, 7) is 6.15. The average molecular weight is 463 g/mol. The third kappa shape index (κ3) is 25.7. The van der Waals surface area contributed by atoms with Crippen LogP contribution >= 0.6 is 0 Å². The molecule has 0 aliphatic carbocycles. The van der Waals surface area contributed by atoms with Crippen LogP contribution in [0.1, 0.15) is 27.7 Å². The summed E-state index contributed by atoms with van der Waals surface area (Å²) in [6, 6.07) is 9.10. The third-order valence-electron chi connectivity index (χ3n) is 2.42. The molecule has 0 aliphatic heterocycles. The van der Waals surface area contributed by atoms with E-state index < -0.39 is 11.4 Å². The van der Waals surface area contributed by atoms with Crippen molar-refractivity contribution in [1.82, 2.24) is 0 Å². The summed E-state index contributed by atoms with van der Waals surface area (Å²) in [5.41, 5.74) is 8.82. The van der Waals surface area contributed by atoms with E-state index in [9.17, 15) is 0 Å². The molecule has 0 fully saturated rings. The molecular formula is C14H22CoN5O7S-. The molecule has 0 aromatic heterocycles. The summed E-state index contributed by atoms with van der Waals surface area (Å²) in [7, 11) is 0. The monoisotopic (exact) mass is 463 g/mol. The van der Waals surface area contributed by atoms with Crippen LogP contribution in [0.25, 0.3) is 5.73 Å². The first kappa shape index (κ1) is 33.1. The van der Waals surface area contributed by atoms with Crippen LogP contribution in [-0.2, 0) is 28.1 Å². The van der Waals surface area contributed by atoms with Crippen molar-refractivity contribution in [2.45, 2.75) is 27.7 Å². The number of nitrogens with zero attached hydrogens (tertiary/aromatic N) is 4. The van der Waals surface area contributed by atoms with Gasteiger partial charge in [-0.3, -0.25) is 4.21 Å². The van der Waals surface area contributed by atoms with Gasteiger partial charge in [-0.15, -0.1) is 17.0 Å². The number of oxime groups is 4. The van der Waals surface area contributed by atoms with E-state index in [1.54, 1.807) is 12.1 Å². The molecule has 0 spiro atoms. The Balaban J connectivity index is -0.000000139. The number of nitrogens with one attached hydrogen (secondary N) is 1. The smallest absolute Gasteiger partial charge is 0.784 e. The Hall–Kier alpha value is -2.52. The molecule has 0 unspecified atom stereocenters. The van der Waals surface area contributed by atoms with Crippen molar-refractivity contribution < 1.29 is 50.9 Å². The van der Waals surface area contributed by atoms with Crippen LogP contribution in [0.3, 0.4) is 0 Å². The second-order valence-electron chi connectivity index (χ2n) is 4.31. The summed E-state index contributed by atoms with van der Waals surface area (Å²) in [5.74, 6) is 0. The van der Waals surface area contributed by atoms with Crippen LogP contribution in [0, 0.1) is 0 Å². The molecule has 12 nitrogen and oxygen atoms in total. The molecule has 5 N–H and O–H groups in total. The molecule has 0 amide bonds. The van der Waals surface area contributed by atoms with Crippen LogP contribution in [-0.4, -0.2) is 57.0 Å². The first-order valence-electron chi connectivity index (χ1n) is 6.86. The molecule has 0 bridgehead atoms. The topological polar surface area (TPSA) is 217 Å². The van der Waals surface area contributed by atoms with E-state index in [2.05, 4.69) is 20.6 Å². The van der Waals surface area contributed by atoms with E-state index in [0.717, 1.165) is 0 Å². The molecule has 1 aromatic carbocycles. The van der Waals surface area contributed by atoms with Gasteiger partial charge in [-0.1, -0.05) is 51.0 Å². The Labute approximate surface area is 175 Å². The fourth-order valence-electron chi connectivity index (χ4n) is 0.728. The Morgan fingerprint density at radius 3 is 1.11 bits per heavy atom. The van der Waals surface area contributed by atoms with Crippen LogP contribution in [0.15, 0.2) is 51.0 Å². The summed E-state index contributed by atoms with van der Waals surface area (Å²) in [6.07, 6.45) is 0. The second kappa shape index (κ2) is 22.5. The van der Waals surface area contributed by atoms with Crippen LogP contribution in [0.4, 0.5) is 5.69 Å². The fraction of sp³-hybridized carbons (Fsp3) is 0.286. The molecule has 1 rings (SSSR count). The Kier molecular flexibility index (Phi) is 26.6.